The van der Waals surface area contributed by atoms with Gasteiger partial charge in [-0.25, -0.2) is 9.59 Å². The molecule has 0 aliphatic heterocycles. The van der Waals surface area contributed by atoms with Crippen molar-refractivity contribution in [3.63, 3.8) is 0 Å². The van der Waals surface area contributed by atoms with E-state index in [2.05, 4.69) is 30.1 Å². The second-order valence-corrected chi connectivity index (χ2v) is 6.89. The van der Waals surface area contributed by atoms with Crippen LogP contribution in [0.15, 0.2) is 61.7 Å². The highest BCUT2D eigenvalue weighted by Gasteiger charge is 2.15. The van der Waals surface area contributed by atoms with Crippen LogP contribution in [0.25, 0.3) is 0 Å². The first kappa shape index (κ1) is 33.9. The predicted molar refractivity (Wildman–Crippen MR) is 140 cm³/mol. The number of carboxylic acid groups (broad SMARTS) is 2. The summed E-state index contributed by atoms with van der Waals surface area (Å²) in [6.45, 7) is 10.1. The number of halogens is 1. The molecule has 0 heterocycles. The molecule has 2 aromatic rings. The van der Waals surface area contributed by atoms with E-state index in [1.54, 1.807) is 30.3 Å². The van der Waals surface area contributed by atoms with Gasteiger partial charge in [0, 0.05) is 13.8 Å². The van der Waals surface area contributed by atoms with E-state index in [0.717, 1.165) is 0 Å². The van der Waals surface area contributed by atoms with Gasteiger partial charge in [0.1, 0.15) is 24.7 Å². The van der Waals surface area contributed by atoms with E-state index in [1.165, 1.54) is 32.1 Å². The van der Waals surface area contributed by atoms with E-state index in [0.29, 0.717) is 18.1 Å². The zero-order valence-corrected chi connectivity index (χ0v) is 20.0. The number of hydrogen-bond acceptors (Lipinski definition) is 7. The minimum atomic E-state index is -1.13. The van der Waals surface area contributed by atoms with Crippen LogP contribution >= 0.6 is 11.6 Å². The Morgan fingerprint density at radius 3 is 1.75 bits per heavy atom. The summed E-state index contributed by atoms with van der Waals surface area (Å²) >= 11 is 4.64. The highest BCUT2D eigenvalue weighted by Crippen LogP contribution is 2.29. The first-order valence-corrected chi connectivity index (χ1v) is 10.2. The number of nitrogens with one attached hydrogen (secondary N) is 1. The smallest absolute Gasteiger partial charge is 0.337 e. The fraction of sp³-hybridized carbons (Fsp3) is 0.200. The van der Waals surface area contributed by atoms with E-state index in [9.17, 15) is 19.2 Å². The maximum absolute atomic E-state index is 11.0. The first-order valence-electron chi connectivity index (χ1n) is 9.85. The predicted octanol–water partition coefficient (Wildman–Crippen LogP) is 4.85. The molecule has 2 aromatic carbocycles. The van der Waals surface area contributed by atoms with Gasteiger partial charge in [-0.15, -0.1) is 0 Å². The summed E-state index contributed by atoms with van der Waals surface area (Å²) in [7, 11) is 0. The van der Waals surface area contributed by atoms with E-state index in [-0.39, 0.29) is 47.7 Å². The Morgan fingerprint density at radius 2 is 1.33 bits per heavy atom. The zero-order valence-electron chi connectivity index (χ0n) is 19.2. The van der Waals surface area contributed by atoms with Gasteiger partial charge in [0.2, 0.25) is 11.1 Å². The zero-order chi connectivity index (χ0) is 27.0. The van der Waals surface area contributed by atoms with Gasteiger partial charge >= 0.3 is 11.9 Å². The Morgan fingerprint density at radius 1 is 0.917 bits per heavy atom. The SMILES string of the molecule is C.C=CCOc1cccc(C(=O)O)c1N.C=CCOc1cccc(C(=O)O)c1NC(C)=O.CC(=O)Cl. The molecule has 0 unspecified atom stereocenters. The van der Waals surface area contributed by atoms with Gasteiger partial charge in [0.15, 0.2) is 0 Å². The topological polar surface area (TPSA) is 165 Å². The van der Waals surface area contributed by atoms with Crippen molar-refractivity contribution in [1.29, 1.82) is 0 Å². The highest BCUT2D eigenvalue weighted by molar-refractivity contribution is 6.62. The number of rotatable bonds is 9. The van der Waals surface area contributed by atoms with Crippen molar-refractivity contribution in [2.24, 2.45) is 0 Å². The van der Waals surface area contributed by atoms with Gasteiger partial charge < -0.3 is 30.7 Å². The lowest BCUT2D eigenvalue weighted by atomic mass is 10.1. The van der Waals surface area contributed by atoms with Crippen molar-refractivity contribution >= 4 is 46.1 Å². The van der Waals surface area contributed by atoms with Crippen LogP contribution in [-0.2, 0) is 9.59 Å². The number of nitrogen functional groups attached to an aromatic ring is 1. The van der Waals surface area contributed by atoms with Gasteiger partial charge in [0.05, 0.1) is 22.5 Å². The molecular formula is C25H31ClN2O8. The molecule has 10 nitrogen and oxygen atoms in total. The Bertz CT molecular complexity index is 1070. The molecule has 36 heavy (non-hydrogen) atoms. The molecule has 0 bridgehead atoms. The standard InChI is InChI=1S/C12H13NO4.C10H11NO3.C2H3ClO.CH4/c1-3-7-17-10-6-4-5-9(12(15)16)11(10)13-8(2)14;1-2-6-14-8-5-3-4-7(9(8)11)10(12)13;1-2(3)4;/h3-6H,1,7H2,2H3,(H,13,14)(H,15,16);2-5H,1,6,11H2,(H,12,13);1H3;1H4. The summed E-state index contributed by atoms with van der Waals surface area (Å²) in [4.78, 5) is 41.9. The molecule has 11 heteroatoms. The Kier molecular flexibility index (Phi) is 17.0. The van der Waals surface area contributed by atoms with Gasteiger partial charge in [-0.2, -0.15) is 0 Å². The lowest BCUT2D eigenvalue weighted by Crippen LogP contribution is -2.12. The molecule has 0 saturated heterocycles. The van der Waals surface area contributed by atoms with Crippen LogP contribution in [0.3, 0.4) is 0 Å². The number of nitrogens with two attached hydrogens (primary N) is 1. The number of carbonyl (C=O) groups is 4. The van der Waals surface area contributed by atoms with Crippen molar-refractivity contribution in [3.8, 4) is 11.5 Å². The normalized spacial score (nSPS) is 8.86. The van der Waals surface area contributed by atoms with Crippen LogP contribution < -0.4 is 20.5 Å². The highest BCUT2D eigenvalue weighted by atomic mass is 35.5. The molecule has 0 aliphatic carbocycles. The van der Waals surface area contributed by atoms with Crippen LogP contribution in [0.5, 0.6) is 11.5 Å². The van der Waals surface area contributed by atoms with Crippen molar-refractivity contribution in [3.05, 3.63) is 72.8 Å². The van der Waals surface area contributed by atoms with Crippen LogP contribution in [0, 0.1) is 0 Å². The monoisotopic (exact) mass is 522 g/mol. The fourth-order valence-electron chi connectivity index (χ4n) is 2.29. The number of carboxylic acids is 2. The molecule has 5 N–H and O–H groups in total. The molecule has 0 aliphatic rings. The molecule has 0 fully saturated rings. The summed E-state index contributed by atoms with van der Waals surface area (Å²) < 4.78 is 10.5. The largest absolute Gasteiger partial charge is 0.487 e. The summed E-state index contributed by atoms with van der Waals surface area (Å²) in [5.41, 5.74) is 5.92. The Balaban J connectivity index is 0. The van der Waals surface area contributed by atoms with Crippen LogP contribution in [0.1, 0.15) is 42.0 Å². The first-order chi connectivity index (χ1) is 16.5. The molecule has 0 aromatic heterocycles. The van der Waals surface area contributed by atoms with Gasteiger partial charge in [-0.3, -0.25) is 9.59 Å². The van der Waals surface area contributed by atoms with E-state index in [1.807, 2.05) is 0 Å². The summed E-state index contributed by atoms with van der Waals surface area (Å²) in [5, 5.41) is 19.9. The maximum atomic E-state index is 11.0. The molecule has 0 spiro atoms. The van der Waals surface area contributed by atoms with Gasteiger partial charge in [-0.05, 0) is 35.9 Å². The maximum Gasteiger partial charge on any atom is 0.337 e. The van der Waals surface area contributed by atoms with Crippen molar-refractivity contribution in [2.75, 3.05) is 24.3 Å². The average molecular weight is 523 g/mol. The van der Waals surface area contributed by atoms with Gasteiger partial charge in [-0.1, -0.05) is 44.9 Å². The molecule has 196 valence electrons. The van der Waals surface area contributed by atoms with E-state index < -0.39 is 11.9 Å². The second-order valence-electron chi connectivity index (χ2n) is 6.36. The fourth-order valence-corrected chi connectivity index (χ4v) is 2.29. The van der Waals surface area contributed by atoms with Crippen molar-refractivity contribution < 1.29 is 38.9 Å². The molecule has 1 amide bonds. The number of ether oxygens (including phenoxy) is 2. The number of para-hydroxylation sites is 2. The van der Waals surface area contributed by atoms with Crippen molar-refractivity contribution in [2.45, 2.75) is 21.3 Å². The van der Waals surface area contributed by atoms with Crippen LogP contribution in [0.2, 0.25) is 0 Å². The minimum absolute atomic E-state index is 0. The Hall–Kier alpha value is -4.31. The molecule has 0 saturated carbocycles. The number of aromatic carboxylic acids is 2. The van der Waals surface area contributed by atoms with Crippen LogP contribution in [0.4, 0.5) is 11.4 Å². The minimum Gasteiger partial charge on any atom is -0.487 e. The number of benzene rings is 2. The van der Waals surface area contributed by atoms with Crippen molar-refractivity contribution in [1.82, 2.24) is 0 Å². The van der Waals surface area contributed by atoms with Gasteiger partial charge in [0.25, 0.3) is 0 Å². The second kappa shape index (κ2) is 18.1. The summed E-state index contributed by atoms with van der Waals surface area (Å²) in [5.74, 6) is -1.88. The number of anilines is 2. The average Bonchev–Trinajstić information content (AvgIpc) is 2.77. The quantitative estimate of drug-likeness (QED) is 0.204. The van der Waals surface area contributed by atoms with E-state index >= 15 is 0 Å². The Labute approximate surface area is 215 Å². The third-order valence-corrected chi connectivity index (χ3v) is 3.57. The summed E-state index contributed by atoms with van der Waals surface area (Å²) in [6.07, 6.45) is 3.10. The third kappa shape index (κ3) is 12.8. The van der Waals surface area contributed by atoms with Crippen LogP contribution in [-0.4, -0.2) is 46.5 Å². The number of carbonyl (C=O) groups excluding carboxylic acids is 2. The summed E-state index contributed by atoms with van der Waals surface area (Å²) in [6, 6.07) is 9.16. The number of hydrogen-bond donors (Lipinski definition) is 4. The number of amides is 1. The lowest BCUT2D eigenvalue weighted by molar-refractivity contribution is -0.114. The third-order valence-electron chi connectivity index (χ3n) is 3.57. The van der Waals surface area contributed by atoms with E-state index in [4.69, 9.17) is 25.4 Å². The molecule has 0 atom stereocenters. The molecule has 2 rings (SSSR count). The molecule has 0 radical (unpaired) electrons. The lowest BCUT2D eigenvalue weighted by Gasteiger charge is -2.12. The molecular weight excluding hydrogens is 492 g/mol.